The van der Waals surface area contributed by atoms with Gasteiger partial charge in [-0.05, 0) is 48.9 Å². The molecule has 0 unspecified atom stereocenters. The number of hydrogen-bond acceptors (Lipinski definition) is 7. The van der Waals surface area contributed by atoms with E-state index in [1.54, 1.807) is 42.7 Å². The summed E-state index contributed by atoms with van der Waals surface area (Å²) >= 11 is 0. The van der Waals surface area contributed by atoms with E-state index in [0.717, 1.165) is 0 Å². The van der Waals surface area contributed by atoms with E-state index in [-0.39, 0.29) is 9.92 Å². The predicted octanol–water partition coefficient (Wildman–Crippen LogP) is 2.58. The number of ether oxygens (including phenoxy) is 2. The third-order valence-electron chi connectivity index (χ3n) is 5.07. The van der Waals surface area contributed by atoms with Crippen molar-refractivity contribution in [3.05, 3.63) is 72.7 Å². The van der Waals surface area contributed by atoms with E-state index in [2.05, 4.69) is 9.97 Å². The van der Waals surface area contributed by atoms with Crippen LogP contribution in [-0.4, -0.2) is 37.5 Å². The largest absolute Gasteiger partial charge is 0.338 e. The monoisotopic (exact) mass is 423 g/mol. The normalized spacial score (nSPS) is 17.9. The van der Waals surface area contributed by atoms with E-state index in [4.69, 9.17) is 9.47 Å². The number of anilines is 2. The van der Waals surface area contributed by atoms with Gasteiger partial charge in [0.05, 0.1) is 35.7 Å². The molecule has 0 bridgehead atoms. The first-order valence-corrected chi connectivity index (χ1v) is 10.9. The van der Waals surface area contributed by atoms with E-state index >= 15 is 0 Å². The molecular formula is C21H17N3O5S. The maximum absolute atomic E-state index is 13.5. The topological polar surface area (TPSA) is 98.7 Å². The van der Waals surface area contributed by atoms with Crippen LogP contribution in [0.4, 0.5) is 11.4 Å². The van der Waals surface area contributed by atoms with Gasteiger partial charge < -0.3 is 9.47 Å². The molecule has 1 saturated heterocycles. The molecule has 8 nitrogen and oxygen atoms in total. The van der Waals surface area contributed by atoms with E-state index in [0.29, 0.717) is 36.6 Å². The molecule has 1 amide bonds. The average Bonchev–Trinajstić information content (AvgIpc) is 3.03. The Kier molecular flexibility index (Phi) is 4.39. The Morgan fingerprint density at radius 2 is 1.83 bits per heavy atom. The van der Waals surface area contributed by atoms with Crippen LogP contribution in [-0.2, 0) is 29.9 Å². The van der Waals surface area contributed by atoms with E-state index < -0.39 is 21.5 Å². The van der Waals surface area contributed by atoms with Gasteiger partial charge in [0.15, 0.2) is 5.03 Å². The third-order valence-corrected chi connectivity index (χ3v) is 6.74. The zero-order chi connectivity index (χ0) is 20.8. The molecule has 2 aromatic heterocycles. The lowest BCUT2D eigenvalue weighted by molar-refractivity contribution is -0.256. The first kappa shape index (κ1) is 18.9. The maximum atomic E-state index is 13.5. The van der Waals surface area contributed by atoms with Crippen LogP contribution in [0.1, 0.15) is 12.0 Å². The minimum atomic E-state index is -3.88. The number of benzene rings is 1. The highest BCUT2D eigenvalue weighted by atomic mass is 32.2. The quantitative estimate of drug-likeness (QED) is 0.638. The van der Waals surface area contributed by atoms with Crippen LogP contribution in [0, 0.1) is 0 Å². The van der Waals surface area contributed by atoms with Gasteiger partial charge in [-0.25, -0.2) is 13.4 Å². The van der Waals surface area contributed by atoms with Gasteiger partial charge in [-0.1, -0.05) is 6.07 Å². The fourth-order valence-corrected chi connectivity index (χ4v) is 4.91. The summed E-state index contributed by atoms with van der Waals surface area (Å²) in [5.74, 6) is -2.11. The van der Waals surface area contributed by atoms with Crippen LogP contribution < -0.4 is 4.90 Å². The number of carbonyl (C=O) groups excluding carboxylic acids is 1. The molecule has 152 valence electrons. The Bertz CT molecular complexity index is 1210. The third kappa shape index (κ3) is 2.74. The molecule has 0 aliphatic carbocycles. The molecule has 0 atom stereocenters. The van der Waals surface area contributed by atoms with Crippen LogP contribution in [0.15, 0.2) is 77.0 Å². The standard InChI is InChI=1S/C21H17N3O5S/c25-20-21(28-11-4-12-29-21)17-13-16(30(26,27)19-6-1-2-10-23-19)7-8-18(17)24(20)15-5-3-9-22-14-15/h1-3,5-10,13-14H,4,11-12H2. The molecule has 30 heavy (non-hydrogen) atoms. The Morgan fingerprint density at radius 1 is 1.00 bits per heavy atom. The second kappa shape index (κ2) is 6.98. The molecule has 0 radical (unpaired) electrons. The van der Waals surface area contributed by atoms with Crippen molar-refractivity contribution in [2.45, 2.75) is 22.1 Å². The van der Waals surface area contributed by atoms with Crippen molar-refractivity contribution >= 4 is 27.1 Å². The molecule has 9 heteroatoms. The Balaban J connectivity index is 1.70. The molecule has 3 aromatic rings. The van der Waals surface area contributed by atoms with E-state index in [1.807, 2.05) is 0 Å². The number of rotatable bonds is 3. The summed E-state index contributed by atoms with van der Waals surface area (Å²) in [6.07, 6.45) is 5.23. The van der Waals surface area contributed by atoms with Gasteiger partial charge in [0.25, 0.3) is 11.7 Å². The van der Waals surface area contributed by atoms with E-state index in [9.17, 15) is 13.2 Å². The van der Waals surface area contributed by atoms with Crippen LogP contribution in [0.5, 0.6) is 0 Å². The highest BCUT2D eigenvalue weighted by molar-refractivity contribution is 7.91. The second-order valence-electron chi connectivity index (χ2n) is 6.87. The lowest BCUT2D eigenvalue weighted by atomic mass is 10.1. The number of hydrogen-bond donors (Lipinski definition) is 0. The first-order chi connectivity index (χ1) is 14.5. The van der Waals surface area contributed by atoms with Gasteiger partial charge in [-0.2, -0.15) is 0 Å². The van der Waals surface area contributed by atoms with Crippen molar-refractivity contribution in [2.75, 3.05) is 18.1 Å². The van der Waals surface area contributed by atoms with Gasteiger partial charge in [0, 0.05) is 18.0 Å². The summed E-state index contributed by atoms with van der Waals surface area (Å²) in [4.78, 5) is 23.0. The molecule has 1 fully saturated rings. The van der Waals surface area contributed by atoms with Gasteiger partial charge in [0.2, 0.25) is 9.84 Å². The van der Waals surface area contributed by atoms with Crippen molar-refractivity contribution in [1.82, 2.24) is 9.97 Å². The summed E-state index contributed by atoms with van der Waals surface area (Å²) in [7, 11) is -3.88. The van der Waals surface area contributed by atoms with Gasteiger partial charge in [-0.3, -0.25) is 14.7 Å². The van der Waals surface area contributed by atoms with Crippen molar-refractivity contribution < 1.29 is 22.7 Å². The highest BCUT2D eigenvalue weighted by Gasteiger charge is 2.55. The molecule has 5 rings (SSSR count). The number of nitrogens with zero attached hydrogens (tertiary/aromatic N) is 3. The number of carbonyl (C=O) groups is 1. The van der Waals surface area contributed by atoms with Crippen LogP contribution in [0.2, 0.25) is 0 Å². The van der Waals surface area contributed by atoms with Crippen molar-refractivity contribution in [1.29, 1.82) is 0 Å². The number of sulfone groups is 1. The average molecular weight is 423 g/mol. The van der Waals surface area contributed by atoms with Gasteiger partial charge in [0.1, 0.15) is 0 Å². The molecule has 0 saturated carbocycles. The lowest BCUT2D eigenvalue weighted by Crippen LogP contribution is -2.46. The molecular weight excluding hydrogens is 406 g/mol. The minimum Gasteiger partial charge on any atom is -0.338 e. The number of amides is 1. The Labute approximate surface area is 173 Å². The summed E-state index contributed by atoms with van der Waals surface area (Å²) in [6, 6.07) is 12.6. The zero-order valence-electron chi connectivity index (χ0n) is 15.8. The Hall–Kier alpha value is -3.14. The van der Waals surface area contributed by atoms with Gasteiger partial charge >= 0.3 is 0 Å². The molecule has 2 aliphatic heterocycles. The number of aromatic nitrogens is 2. The minimum absolute atomic E-state index is 0.0120. The number of fused-ring (bicyclic) bond motifs is 2. The second-order valence-corrected chi connectivity index (χ2v) is 8.77. The molecule has 2 aliphatic rings. The Morgan fingerprint density at radius 3 is 2.53 bits per heavy atom. The van der Waals surface area contributed by atoms with Crippen LogP contribution in [0.25, 0.3) is 0 Å². The fraction of sp³-hybridized carbons (Fsp3) is 0.190. The van der Waals surface area contributed by atoms with Crippen molar-refractivity contribution in [3.63, 3.8) is 0 Å². The van der Waals surface area contributed by atoms with Gasteiger partial charge in [-0.15, -0.1) is 0 Å². The maximum Gasteiger partial charge on any atom is 0.297 e. The lowest BCUT2D eigenvalue weighted by Gasteiger charge is -2.32. The van der Waals surface area contributed by atoms with Crippen LogP contribution in [0.3, 0.4) is 0 Å². The molecule has 1 aromatic carbocycles. The highest BCUT2D eigenvalue weighted by Crippen LogP contribution is 2.49. The summed E-state index contributed by atoms with van der Waals surface area (Å²) < 4.78 is 37.9. The zero-order valence-corrected chi connectivity index (χ0v) is 16.6. The fourth-order valence-electron chi connectivity index (χ4n) is 3.69. The summed E-state index contributed by atoms with van der Waals surface area (Å²) in [6.45, 7) is 0.645. The SMILES string of the molecule is O=C1N(c2cccnc2)c2ccc(S(=O)(=O)c3ccccn3)cc2C12OCCCO2. The summed E-state index contributed by atoms with van der Waals surface area (Å²) in [5, 5.41) is -0.0714. The molecule has 1 spiro atoms. The smallest absolute Gasteiger partial charge is 0.297 e. The molecule has 0 N–H and O–H groups in total. The number of pyridine rings is 2. The van der Waals surface area contributed by atoms with Crippen LogP contribution >= 0.6 is 0 Å². The van der Waals surface area contributed by atoms with Crippen molar-refractivity contribution in [2.24, 2.45) is 0 Å². The molecule has 4 heterocycles. The van der Waals surface area contributed by atoms with E-state index in [1.165, 1.54) is 29.3 Å². The predicted molar refractivity (Wildman–Crippen MR) is 106 cm³/mol. The van der Waals surface area contributed by atoms with Crippen molar-refractivity contribution in [3.8, 4) is 0 Å². The summed E-state index contributed by atoms with van der Waals surface area (Å²) in [5.41, 5.74) is 1.39. The first-order valence-electron chi connectivity index (χ1n) is 9.37.